The summed E-state index contributed by atoms with van der Waals surface area (Å²) in [5.74, 6) is 0.855. The van der Waals surface area contributed by atoms with Crippen molar-refractivity contribution in [3.05, 3.63) is 29.1 Å². The van der Waals surface area contributed by atoms with E-state index in [1.165, 1.54) is 11.1 Å². The van der Waals surface area contributed by atoms with Crippen molar-refractivity contribution < 1.29 is 9.53 Å². The zero-order valence-corrected chi connectivity index (χ0v) is 14.6. The smallest absolute Gasteiger partial charge is 0.410 e. The van der Waals surface area contributed by atoms with Gasteiger partial charge >= 0.3 is 6.09 Å². The summed E-state index contributed by atoms with van der Waals surface area (Å²) in [5.41, 5.74) is 3.97. The quantitative estimate of drug-likeness (QED) is 0.855. The Kier molecular flexibility index (Phi) is 3.82. The highest BCUT2D eigenvalue weighted by molar-refractivity contribution is 5.77. The van der Waals surface area contributed by atoms with Crippen LogP contribution < -0.4 is 0 Å². The number of hydrogen-bond donors (Lipinski definition) is 1. The second-order valence-electron chi connectivity index (χ2n) is 7.41. The summed E-state index contributed by atoms with van der Waals surface area (Å²) < 4.78 is 5.53. The number of likely N-dealkylation sites (tertiary alicyclic amines) is 1. The Morgan fingerprint density at radius 1 is 1.30 bits per heavy atom. The van der Waals surface area contributed by atoms with E-state index in [1.54, 1.807) is 4.90 Å². The molecule has 1 unspecified atom stereocenters. The van der Waals surface area contributed by atoms with Crippen LogP contribution >= 0.6 is 0 Å². The third-order valence-electron chi connectivity index (χ3n) is 4.31. The molecule has 2 heterocycles. The monoisotopic (exact) mass is 315 g/mol. The molecule has 0 bridgehead atoms. The lowest BCUT2D eigenvalue weighted by Crippen LogP contribution is -2.36. The number of hydrogen-bond acceptors (Lipinski definition) is 3. The van der Waals surface area contributed by atoms with Crippen LogP contribution in [0.25, 0.3) is 11.0 Å². The van der Waals surface area contributed by atoms with Gasteiger partial charge in [-0.1, -0.05) is 0 Å². The zero-order valence-electron chi connectivity index (χ0n) is 14.6. The van der Waals surface area contributed by atoms with Gasteiger partial charge in [0.1, 0.15) is 11.4 Å². The molecule has 0 radical (unpaired) electrons. The average molecular weight is 315 g/mol. The van der Waals surface area contributed by atoms with Crippen molar-refractivity contribution in [1.82, 2.24) is 14.9 Å². The van der Waals surface area contributed by atoms with Crippen molar-refractivity contribution in [2.24, 2.45) is 0 Å². The molecule has 1 aliphatic heterocycles. The number of fused-ring (bicyclic) bond motifs is 1. The minimum Gasteiger partial charge on any atom is -0.444 e. The van der Waals surface area contributed by atoms with Crippen LogP contribution in [0.1, 0.15) is 56.6 Å². The van der Waals surface area contributed by atoms with Crippen LogP contribution in [0.2, 0.25) is 0 Å². The molecule has 0 aliphatic carbocycles. The van der Waals surface area contributed by atoms with E-state index in [9.17, 15) is 4.79 Å². The number of nitrogens with zero attached hydrogens (tertiary/aromatic N) is 2. The van der Waals surface area contributed by atoms with Gasteiger partial charge in [0, 0.05) is 6.54 Å². The molecule has 1 amide bonds. The second kappa shape index (κ2) is 5.55. The van der Waals surface area contributed by atoms with Crippen LogP contribution in [0, 0.1) is 13.8 Å². The van der Waals surface area contributed by atoms with Crippen LogP contribution in [0.3, 0.4) is 0 Å². The van der Waals surface area contributed by atoms with Gasteiger partial charge in [-0.25, -0.2) is 9.78 Å². The van der Waals surface area contributed by atoms with E-state index < -0.39 is 5.60 Å². The molecule has 5 nitrogen and oxygen atoms in total. The first-order valence-corrected chi connectivity index (χ1v) is 8.21. The Morgan fingerprint density at radius 3 is 2.70 bits per heavy atom. The van der Waals surface area contributed by atoms with Gasteiger partial charge in [0.05, 0.1) is 17.1 Å². The molecule has 23 heavy (non-hydrogen) atoms. The summed E-state index contributed by atoms with van der Waals surface area (Å²) in [6, 6.07) is 4.18. The number of ether oxygens (including phenoxy) is 1. The molecule has 5 heteroatoms. The molecule has 1 N–H and O–H groups in total. The Labute approximate surface area is 137 Å². The summed E-state index contributed by atoms with van der Waals surface area (Å²) >= 11 is 0. The minimum atomic E-state index is -0.480. The van der Waals surface area contributed by atoms with Gasteiger partial charge in [-0.15, -0.1) is 0 Å². The van der Waals surface area contributed by atoms with E-state index in [4.69, 9.17) is 9.72 Å². The molecular weight excluding hydrogens is 290 g/mol. The predicted molar refractivity (Wildman–Crippen MR) is 90.5 cm³/mol. The second-order valence-corrected chi connectivity index (χ2v) is 7.41. The molecular formula is C18H25N3O2. The number of rotatable bonds is 1. The first kappa shape index (κ1) is 15.8. The SMILES string of the molecule is Cc1cc2nc(C3CCCN3C(=O)OC(C)(C)C)[nH]c2cc1C. The van der Waals surface area contributed by atoms with Crippen LogP contribution in [-0.4, -0.2) is 33.1 Å². The van der Waals surface area contributed by atoms with Gasteiger partial charge < -0.3 is 9.72 Å². The molecule has 1 aromatic carbocycles. The van der Waals surface area contributed by atoms with Crippen molar-refractivity contribution in [2.75, 3.05) is 6.54 Å². The fraction of sp³-hybridized carbons (Fsp3) is 0.556. The first-order chi connectivity index (χ1) is 10.7. The Hall–Kier alpha value is -2.04. The maximum atomic E-state index is 12.4. The number of carbonyl (C=O) groups excluding carboxylic acids is 1. The standard InChI is InChI=1S/C18H25N3O2/c1-11-9-13-14(10-12(11)2)20-16(19-13)15-7-6-8-21(15)17(22)23-18(3,4)5/h9-10,15H,6-8H2,1-5H3,(H,19,20). The van der Waals surface area contributed by atoms with Gasteiger partial charge in [-0.05, 0) is 70.7 Å². The molecule has 1 fully saturated rings. The lowest BCUT2D eigenvalue weighted by Gasteiger charge is -2.27. The largest absolute Gasteiger partial charge is 0.444 e. The predicted octanol–water partition coefficient (Wildman–Crippen LogP) is 4.25. The number of carbonyl (C=O) groups is 1. The maximum Gasteiger partial charge on any atom is 0.410 e. The molecule has 0 saturated carbocycles. The first-order valence-electron chi connectivity index (χ1n) is 8.21. The van der Waals surface area contributed by atoms with Crippen molar-refractivity contribution in [3.8, 4) is 0 Å². The summed E-state index contributed by atoms with van der Waals surface area (Å²) in [4.78, 5) is 22.3. The number of aromatic nitrogens is 2. The number of nitrogens with one attached hydrogen (secondary N) is 1. The number of H-pyrrole nitrogens is 1. The highest BCUT2D eigenvalue weighted by atomic mass is 16.6. The molecule has 3 rings (SSSR count). The van der Waals surface area contributed by atoms with E-state index in [-0.39, 0.29) is 12.1 Å². The molecule has 0 spiro atoms. The fourth-order valence-corrected chi connectivity index (χ4v) is 3.04. The highest BCUT2D eigenvalue weighted by Crippen LogP contribution is 2.33. The van der Waals surface area contributed by atoms with E-state index in [1.807, 2.05) is 20.8 Å². The van der Waals surface area contributed by atoms with E-state index >= 15 is 0 Å². The lowest BCUT2D eigenvalue weighted by molar-refractivity contribution is 0.0219. The number of aryl methyl sites for hydroxylation is 2. The summed E-state index contributed by atoms with van der Waals surface area (Å²) in [5, 5.41) is 0. The number of amides is 1. The zero-order chi connectivity index (χ0) is 16.8. The third kappa shape index (κ3) is 3.19. The lowest BCUT2D eigenvalue weighted by atomic mass is 10.1. The molecule has 1 aliphatic rings. The van der Waals surface area contributed by atoms with Gasteiger partial charge in [0.2, 0.25) is 0 Å². The van der Waals surface area contributed by atoms with Crippen molar-refractivity contribution >= 4 is 17.1 Å². The van der Waals surface area contributed by atoms with Gasteiger partial charge in [0.15, 0.2) is 0 Å². The minimum absolute atomic E-state index is 0.0298. The van der Waals surface area contributed by atoms with Crippen LogP contribution in [0.4, 0.5) is 4.79 Å². The van der Waals surface area contributed by atoms with Crippen LogP contribution in [0.5, 0.6) is 0 Å². The van der Waals surface area contributed by atoms with E-state index in [2.05, 4.69) is 31.0 Å². The van der Waals surface area contributed by atoms with Crippen LogP contribution in [-0.2, 0) is 4.74 Å². The third-order valence-corrected chi connectivity index (χ3v) is 4.31. The molecule has 2 aromatic rings. The normalized spacial score (nSPS) is 18.7. The van der Waals surface area contributed by atoms with Gasteiger partial charge in [-0.2, -0.15) is 0 Å². The number of benzene rings is 1. The Morgan fingerprint density at radius 2 is 2.00 bits per heavy atom. The number of aromatic amines is 1. The van der Waals surface area contributed by atoms with E-state index in [0.717, 1.165) is 29.7 Å². The summed E-state index contributed by atoms with van der Waals surface area (Å²) in [6.45, 7) is 10.6. The summed E-state index contributed by atoms with van der Waals surface area (Å²) in [6.07, 6.45) is 1.63. The van der Waals surface area contributed by atoms with Crippen molar-refractivity contribution in [3.63, 3.8) is 0 Å². The molecule has 1 atom stereocenters. The fourth-order valence-electron chi connectivity index (χ4n) is 3.04. The average Bonchev–Trinajstić information content (AvgIpc) is 3.03. The molecule has 1 aromatic heterocycles. The molecule has 124 valence electrons. The van der Waals surface area contributed by atoms with Gasteiger partial charge in [0.25, 0.3) is 0 Å². The maximum absolute atomic E-state index is 12.4. The Balaban J connectivity index is 1.89. The molecule has 1 saturated heterocycles. The highest BCUT2D eigenvalue weighted by Gasteiger charge is 2.34. The van der Waals surface area contributed by atoms with Crippen molar-refractivity contribution in [2.45, 2.75) is 59.1 Å². The topological polar surface area (TPSA) is 58.2 Å². The van der Waals surface area contributed by atoms with E-state index in [0.29, 0.717) is 6.54 Å². The Bertz CT molecular complexity index is 704. The summed E-state index contributed by atoms with van der Waals surface area (Å²) in [7, 11) is 0. The number of imidazole rings is 1. The van der Waals surface area contributed by atoms with Crippen LogP contribution in [0.15, 0.2) is 12.1 Å². The van der Waals surface area contributed by atoms with Gasteiger partial charge in [-0.3, -0.25) is 4.90 Å². The van der Waals surface area contributed by atoms with Crippen molar-refractivity contribution in [1.29, 1.82) is 0 Å².